The Morgan fingerprint density at radius 3 is 2.47 bits per heavy atom. The number of fused-ring (bicyclic) bond motifs is 3. The van der Waals surface area contributed by atoms with Crippen LogP contribution >= 0.6 is 0 Å². The average Bonchev–Trinajstić information content (AvgIpc) is 3.33. The minimum atomic E-state index is -0.906. The van der Waals surface area contributed by atoms with Crippen molar-refractivity contribution in [3.63, 3.8) is 0 Å². The van der Waals surface area contributed by atoms with Gasteiger partial charge >= 0.3 is 6.09 Å². The Morgan fingerprint density at radius 2 is 1.85 bits per heavy atom. The van der Waals surface area contributed by atoms with Gasteiger partial charge in [0.25, 0.3) is 0 Å². The molecule has 34 heavy (non-hydrogen) atoms. The van der Waals surface area contributed by atoms with Gasteiger partial charge in [0.05, 0.1) is 31.7 Å². The highest BCUT2D eigenvalue weighted by atomic mass is 16.5. The van der Waals surface area contributed by atoms with Crippen LogP contribution in [0.15, 0.2) is 28.9 Å². The smallest absolute Gasteiger partial charge is 0.423 e. The molecular weight excluding hydrogens is 434 g/mol. The number of phenols is 1. The van der Waals surface area contributed by atoms with Gasteiger partial charge in [-0.05, 0) is 80.9 Å². The van der Waals surface area contributed by atoms with E-state index in [0.29, 0.717) is 23.7 Å². The largest absolute Gasteiger partial charge is 0.507 e. The normalized spacial score (nSPS) is 26.7. The lowest BCUT2D eigenvalue weighted by atomic mass is 9.70. The molecule has 2 fully saturated rings. The van der Waals surface area contributed by atoms with Crippen molar-refractivity contribution in [1.29, 1.82) is 0 Å². The third-order valence-corrected chi connectivity index (χ3v) is 7.58. The zero-order valence-electron chi connectivity index (χ0n) is 20.5. The number of hydrogen-bond acceptors (Lipinski definition) is 6. The van der Waals surface area contributed by atoms with Gasteiger partial charge in [-0.25, -0.2) is 4.79 Å². The van der Waals surface area contributed by atoms with Crippen LogP contribution in [0.25, 0.3) is 6.08 Å². The van der Waals surface area contributed by atoms with Gasteiger partial charge in [0.1, 0.15) is 5.75 Å². The molecule has 2 saturated heterocycles. The standard InChI is InChI=1S/C27H33NO6/c1-6-17(12-18-9-15(3)24(29)16(4)10-18)7-8-21-22-14(2)11-19-23(20(22)13-34-21)26(31)28(25(19)30)27(32)33-5/h9-10,12,19-21,23,29H,6-8,11,13H2,1-5H3/b17-12+/t19-,20+,21-,23-/m1/s1. The number of aromatic hydroxyl groups is 1. The lowest BCUT2D eigenvalue weighted by Gasteiger charge is -2.30. The maximum Gasteiger partial charge on any atom is 0.423 e. The molecule has 7 heteroatoms. The molecule has 1 aromatic carbocycles. The highest BCUT2D eigenvalue weighted by Gasteiger charge is 2.58. The molecule has 0 bridgehead atoms. The summed E-state index contributed by atoms with van der Waals surface area (Å²) in [6.45, 7) is 8.33. The zero-order chi connectivity index (χ0) is 24.7. The first-order valence-corrected chi connectivity index (χ1v) is 11.9. The summed E-state index contributed by atoms with van der Waals surface area (Å²) in [6, 6.07) is 3.98. The molecule has 7 nitrogen and oxygen atoms in total. The van der Waals surface area contributed by atoms with Crippen molar-refractivity contribution in [3.05, 3.63) is 45.5 Å². The van der Waals surface area contributed by atoms with Gasteiger partial charge in [-0.3, -0.25) is 9.59 Å². The molecule has 1 N–H and O–H groups in total. The lowest BCUT2D eigenvalue weighted by molar-refractivity contribution is -0.137. The minimum absolute atomic E-state index is 0.0979. The summed E-state index contributed by atoms with van der Waals surface area (Å²) >= 11 is 0. The minimum Gasteiger partial charge on any atom is -0.507 e. The van der Waals surface area contributed by atoms with Crippen LogP contribution in [0.3, 0.4) is 0 Å². The molecule has 3 aliphatic rings. The van der Waals surface area contributed by atoms with Crippen molar-refractivity contribution in [1.82, 2.24) is 4.90 Å². The van der Waals surface area contributed by atoms with Crippen molar-refractivity contribution in [2.45, 2.75) is 59.5 Å². The summed E-state index contributed by atoms with van der Waals surface area (Å²) in [5.74, 6) is -1.84. The van der Waals surface area contributed by atoms with Crippen molar-refractivity contribution in [2.75, 3.05) is 13.7 Å². The fourth-order valence-electron chi connectivity index (χ4n) is 5.88. The monoisotopic (exact) mass is 467 g/mol. The Morgan fingerprint density at radius 1 is 1.18 bits per heavy atom. The van der Waals surface area contributed by atoms with Gasteiger partial charge in [-0.1, -0.05) is 24.1 Å². The quantitative estimate of drug-likeness (QED) is 0.499. The number of carbonyl (C=O) groups excluding carboxylic acids is 3. The molecule has 0 spiro atoms. The van der Waals surface area contributed by atoms with E-state index >= 15 is 0 Å². The van der Waals surface area contributed by atoms with Gasteiger partial charge in [0.2, 0.25) is 11.8 Å². The molecule has 4 atom stereocenters. The molecule has 0 aromatic heterocycles. The second-order valence-corrected chi connectivity index (χ2v) is 9.68. The molecule has 1 aromatic rings. The first kappa shape index (κ1) is 24.2. The van der Waals surface area contributed by atoms with Crippen molar-refractivity contribution in [2.24, 2.45) is 17.8 Å². The Balaban J connectivity index is 1.51. The number of imide groups is 3. The molecule has 182 valence electrons. The topological polar surface area (TPSA) is 93.1 Å². The second-order valence-electron chi connectivity index (χ2n) is 9.68. The van der Waals surface area contributed by atoms with Gasteiger partial charge in [0, 0.05) is 5.92 Å². The molecule has 4 rings (SSSR count). The summed E-state index contributed by atoms with van der Waals surface area (Å²) in [5.41, 5.74) is 6.29. The highest BCUT2D eigenvalue weighted by molar-refractivity contribution is 6.16. The lowest BCUT2D eigenvalue weighted by Crippen LogP contribution is -2.37. The van der Waals surface area contributed by atoms with Crippen LogP contribution in [-0.4, -0.2) is 47.7 Å². The number of nitrogens with zero attached hydrogens (tertiary/aromatic N) is 1. The Kier molecular flexibility index (Phi) is 6.67. The number of aryl methyl sites for hydroxylation is 2. The third-order valence-electron chi connectivity index (χ3n) is 7.58. The molecule has 2 heterocycles. The van der Waals surface area contributed by atoms with Crippen molar-refractivity contribution < 1.29 is 29.0 Å². The Hall–Kier alpha value is -2.93. The predicted octanol–water partition coefficient (Wildman–Crippen LogP) is 4.69. The van der Waals surface area contributed by atoms with Crippen LogP contribution in [-0.2, 0) is 19.1 Å². The number of allylic oxidation sites excluding steroid dienone is 2. The van der Waals surface area contributed by atoms with Crippen LogP contribution in [0.5, 0.6) is 5.75 Å². The number of hydrogen-bond donors (Lipinski definition) is 1. The summed E-state index contributed by atoms with van der Waals surface area (Å²) in [4.78, 5) is 38.5. The van der Waals surface area contributed by atoms with E-state index in [9.17, 15) is 19.5 Å². The number of likely N-dealkylation sites (tertiary alicyclic amines) is 1. The molecule has 0 radical (unpaired) electrons. The van der Waals surface area contributed by atoms with Crippen LogP contribution < -0.4 is 0 Å². The van der Waals surface area contributed by atoms with Crippen molar-refractivity contribution >= 4 is 24.0 Å². The summed E-state index contributed by atoms with van der Waals surface area (Å²) < 4.78 is 10.8. The SMILES string of the molecule is CC/C(=C\c1cc(C)c(O)c(C)c1)CC[C@H]1OC[C@H]2C1=C(C)C[C@H]1C(=O)N(C(=O)OC)C(=O)[C@H]12. The van der Waals surface area contributed by atoms with Crippen LogP contribution in [0.1, 0.15) is 56.2 Å². The number of phenolic OH excluding ortho intramolecular Hbond substituents is 1. The molecule has 0 unspecified atom stereocenters. The van der Waals surface area contributed by atoms with Crippen molar-refractivity contribution in [3.8, 4) is 5.75 Å². The number of benzene rings is 1. The molecule has 1 aliphatic carbocycles. The fourth-order valence-corrected chi connectivity index (χ4v) is 5.88. The molecule has 3 amide bonds. The van der Waals surface area contributed by atoms with E-state index in [1.54, 1.807) is 0 Å². The summed E-state index contributed by atoms with van der Waals surface area (Å²) in [7, 11) is 1.17. The average molecular weight is 468 g/mol. The zero-order valence-corrected chi connectivity index (χ0v) is 20.5. The maximum atomic E-state index is 13.0. The summed E-state index contributed by atoms with van der Waals surface area (Å²) in [5, 5.41) is 10.0. The van der Waals surface area contributed by atoms with E-state index < -0.39 is 29.7 Å². The van der Waals surface area contributed by atoms with E-state index in [-0.39, 0.29) is 12.0 Å². The number of methoxy groups -OCH3 is 1. The van der Waals surface area contributed by atoms with E-state index in [1.165, 1.54) is 12.7 Å². The molecule has 2 aliphatic heterocycles. The maximum absolute atomic E-state index is 13.0. The number of ether oxygens (including phenoxy) is 2. The van der Waals surface area contributed by atoms with E-state index in [0.717, 1.165) is 47.1 Å². The first-order valence-electron chi connectivity index (χ1n) is 11.9. The Bertz CT molecular complexity index is 1080. The molecular formula is C27H33NO6. The Labute approximate surface area is 200 Å². The first-order chi connectivity index (χ1) is 16.2. The van der Waals surface area contributed by atoms with Gasteiger partial charge in [-0.15, -0.1) is 0 Å². The third kappa shape index (κ3) is 4.06. The van der Waals surface area contributed by atoms with Gasteiger partial charge in [-0.2, -0.15) is 4.90 Å². The molecule has 0 saturated carbocycles. The number of carbonyl (C=O) groups is 3. The number of amides is 3. The number of rotatable bonds is 5. The predicted molar refractivity (Wildman–Crippen MR) is 127 cm³/mol. The van der Waals surface area contributed by atoms with Crippen LogP contribution in [0, 0.1) is 31.6 Å². The van der Waals surface area contributed by atoms with E-state index in [4.69, 9.17) is 4.74 Å². The van der Waals surface area contributed by atoms with Gasteiger partial charge < -0.3 is 14.6 Å². The van der Waals surface area contributed by atoms with Gasteiger partial charge in [0.15, 0.2) is 0 Å². The highest BCUT2D eigenvalue weighted by Crippen LogP contribution is 2.49. The van der Waals surface area contributed by atoms with E-state index in [2.05, 4.69) is 17.7 Å². The fraction of sp³-hybridized carbons (Fsp3) is 0.519. The van der Waals surface area contributed by atoms with E-state index in [1.807, 2.05) is 32.9 Å². The summed E-state index contributed by atoms with van der Waals surface area (Å²) in [6.07, 6.45) is 4.18. The van der Waals surface area contributed by atoms with Crippen LogP contribution in [0.4, 0.5) is 4.79 Å². The van der Waals surface area contributed by atoms with Crippen LogP contribution in [0.2, 0.25) is 0 Å². The second kappa shape index (κ2) is 9.37.